The highest BCUT2D eigenvalue weighted by atomic mass is 32.2. The molecule has 32 heavy (non-hydrogen) atoms. The molecule has 2 aromatic rings. The topological polar surface area (TPSA) is 79.8 Å². The molecule has 5 rings (SSSR count). The average molecular weight is 496 g/mol. The van der Waals surface area contributed by atoms with E-state index in [0.717, 1.165) is 43.5 Å². The lowest BCUT2D eigenvalue weighted by molar-refractivity contribution is 0.111. The van der Waals surface area contributed by atoms with Gasteiger partial charge < -0.3 is 9.64 Å². The maximum atomic E-state index is 12.9. The summed E-state index contributed by atoms with van der Waals surface area (Å²) in [7, 11) is -3.40. The van der Waals surface area contributed by atoms with Crippen molar-refractivity contribution in [3.63, 3.8) is 0 Å². The standard InChI is InChI=1S/C22H29N3O4S3/c26-22(25(18-8-9-18)17-5-2-1-3-6-17)29-19-15-31-21(23-19)16-10-12-24(13-11-16)32(27,28)20-7-4-14-30-20/h4,7,14-18H,1-3,5-6,8-13H2. The number of sulfonamides is 1. The number of carbonyl (C=O) groups is 1. The summed E-state index contributed by atoms with van der Waals surface area (Å²) in [5.74, 6) is 0.574. The number of hydrogen-bond donors (Lipinski definition) is 0. The van der Waals surface area contributed by atoms with Crippen LogP contribution in [0.4, 0.5) is 4.79 Å². The van der Waals surface area contributed by atoms with E-state index in [-0.39, 0.29) is 12.0 Å². The molecule has 1 saturated heterocycles. The second-order valence-electron chi connectivity index (χ2n) is 8.93. The van der Waals surface area contributed by atoms with Gasteiger partial charge in [-0.3, -0.25) is 0 Å². The summed E-state index contributed by atoms with van der Waals surface area (Å²) in [6, 6.07) is 4.06. The molecule has 3 fully saturated rings. The number of thiazole rings is 1. The third-order valence-electron chi connectivity index (χ3n) is 6.70. The summed E-state index contributed by atoms with van der Waals surface area (Å²) in [6.07, 6.45) is 9.10. The molecule has 2 saturated carbocycles. The van der Waals surface area contributed by atoms with Crippen LogP contribution in [0.5, 0.6) is 5.88 Å². The first-order valence-corrected chi connectivity index (χ1v) is 14.7. The van der Waals surface area contributed by atoms with Crippen molar-refractivity contribution in [3.8, 4) is 5.88 Å². The molecule has 1 aliphatic heterocycles. The molecule has 1 amide bonds. The van der Waals surface area contributed by atoms with Crippen molar-refractivity contribution < 1.29 is 17.9 Å². The summed E-state index contributed by atoms with van der Waals surface area (Å²) in [6.45, 7) is 0.966. The molecule has 3 aliphatic rings. The van der Waals surface area contributed by atoms with Gasteiger partial charge in [0.05, 0.1) is 10.4 Å². The first-order chi connectivity index (χ1) is 15.5. The summed E-state index contributed by atoms with van der Waals surface area (Å²) in [5, 5.41) is 4.53. The third kappa shape index (κ3) is 4.73. The van der Waals surface area contributed by atoms with Gasteiger partial charge in [-0.15, -0.1) is 22.7 Å². The molecule has 2 aliphatic carbocycles. The van der Waals surface area contributed by atoms with Gasteiger partial charge in [-0.1, -0.05) is 25.3 Å². The molecule has 0 atom stereocenters. The average Bonchev–Trinajstić information content (AvgIpc) is 3.27. The molecule has 174 valence electrons. The molecule has 3 heterocycles. The first kappa shape index (κ1) is 22.3. The highest BCUT2D eigenvalue weighted by Gasteiger charge is 2.39. The molecule has 0 aromatic carbocycles. The lowest BCUT2D eigenvalue weighted by Gasteiger charge is -2.33. The van der Waals surface area contributed by atoms with Gasteiger partial charge in [-0.2, -0.15) is 4.31 Å². The number of rotatable bonds is 6. The van der Waals surface area contributed by atoms with Crippen LogP contribution in [0.2, 0.25) is 0 Å². The fourth-order valence-electron chi connectivity index (χ4n) is 4.84. The predicted octanol–water partition coefficient (Wildman–Crippen LogP) is 5.07. The zero-order valence-corrected chi connectivity index (χ0v) is 20.5. The van der Waals surface area contributed by atoms with Crippen LogP contribution < -0.4 is 4.74 Å². The lowest BCUT2D eigenvalue weighted by Crippen LogP contribution is -2.44. The Balaban J connectivity index is 1.19. The second kappa shape index (κ2) is 9.40. The zero-order chi connectivity index (χ0) is 22.1. The highest BCUT2D eigenvalue weighted by Crippen LogP contribution is 2.36. The van der Waals surface area contributed by atoms with Crippen LogP contribution in [0.3, 0.4) is 0 Å². The van der Waals surface area contributed by atoms with E-state index in [9.17, 15) is 13.2 Å². The largest absolute Gasteiger partial charge is 0.417 e. The quantitative estimate of drug-likeness (QED) is 0.559. The van der Waals surface area contributed by atoms with Crippen molar-refractivity contribution in [1.29, 1.82) is 0 Å². The van der Waals surface area contributed by atoms with Gasteiger partial charge in [0.1, 0.15) is 4.21 Å². The van der Waals surface area contributed by atoms with Gasteiger partial charge in [0.2, 0.25) is 5.88 Å². The van der Waals surface area contributed by atoms with Crippen molar-refractivity contribution in [3.05, 3.63) is 27.9 Å². The molecule has 2 aromatic heterocycles. The Morgan fingerprint density at radius 1 is 1.03 bits per heavy atom. The first-order valence-electron chi connectivity index (χ1n) is 11.5. The van der Waals surface area contributed by atoms with Crippen molar-refractivity contribution >= 4 is 38.8 Å². The molecule has 0 bridgehead atoms. The number of ether oxygens (including phenoxy) is 1. The molecule has 7 nitrogen and oxygen atoms in total. The smallest absolute Gasteiger partial charge is 0.390 e. The number of amides is 1. The summed E-state index contributed by atoms with van der Waals surface area (Å²) in [4.78, 5) is 19.5. The zero-order valence-electron chi connectivity index (χ0n) is 18.0. The Morgan fingerprint density at radius 2 is 1.75 bits per heavy atom. The lowest BCUT2D eigenvalue weighted by atomic mass is 9.94. The second-order valence-corrected chi connectivity index (χ2v) is 12.9. The van der Waals surface area contributed by atoms with Crippen molar-refractivity contribution in [2.45, 2.75) is 80.0 Å². The summed E-state index contributed by atoms with van der Waals surface area (Å²) < 4.78 is 33.1. The van der Waals surface area contributed by atoms with Crippen LogP contribution in [0.1, 0.15) is 68.7 Å². The molecule has 0 unspecified atom stereocenters. The molecular formula is C22H29N3O4S3. The van der Waals surface area contributed by atoms with Gasteiger partial charge in [0.25, 0.3) is 10.0 Å². The van der Waals surface area contributed by atoms with Crippen molar-refractivity contribution in [1.82, 2.24) is 14.2 Å². The number of nitrogens with zero attached hydrogens (tertiary/aromatic N) is 3. The van der Waals surface area contributed by atoms with E-state index < -0.39 is 10.0 Å². The molecule has 0 spiro atoms. The van der Waals surface area contributed by atoms with E-state index in [1.54, 1.807) is 21.8 Å². The van der Waals surface area contributed by atoms with E-state index in [0.29, 0.717) is 35.3 Å². The van der Waals surface area contributed by atoms with Gasteiger partial charge in [0, 0.05) is 31.1 Å². The minimum absolute atomic E-state index is 0.195. The number of thiophene rings is 1. The van der Waals surface area contributed by atoms with Crippen LogP contribution in [0.15, 0.2) is 27.1 Å². The minimum Gasteiger partial charge on any atom is -0.390 e. The fourth-order valence-corrected chi connectivity index (χ4v) is 8.34. The Bertz CT molecular complexity index is 1020. The van der Waals surface area contributed by atoms with Crippen molar-refractivity contribution in [2.24, 2.45) is 0 Å². The van der Waals surface area contributed by atoms with Gasteiger partial charge >= 0.3 is 6.09 Å². The van der Waals surface area contributed by atoms with Crippen molar-refractivity contribution in [2.75, 3.05) is 13.1 Å². The van der Waals surface area contributed by atoms with Crippen LogP contribution in [-0.2, 0) is 10.0 Å². The molecule has 0 radical (unpaired) electrons. The van der Waals surface area contributed by atoms with Crippen LogP contribution in [-0.4, -0.2) is 53.9 Å². The number of aromatic nitrogens is 1. The predicted molar refractivity (Wildman–Crippen MR) is 125 cm³/mol. The van der Waals surface area contributed by atoms with E-state index in [4.69, 9.17) is 4.74 Å². The number of piperidine rings is 1. The minimum atomic E-state index is -3.40. The normalized spacial score (nSPS) is 21.5. The molecule has 10 heteroatoms. The number of hydrogen-bond acceptors (Lipinski definition) is 7. The Morgan fingerprint density at radius 3 is 2.41 bits per heavy atom. The molecule has 0 N–H and O–H groups in total. The number of carbonyl (C=O) groups excluding carboxylic acids is 1. The third-order valence-corrected chi connectivity index (χ3v) is 11.0. The van der Waals surface area contributed by atoms with E-state index in [1.807, 2.05) is 10.3 Å². The summed E-state index contributed by atoms with van der Waals surface area (Å²) in [5.41, 5.74) is 0. The molecular weight excluding hydrogens is 466 g/mol. The maximum absolute atomic E-state index is 12.9. The van der Waals surface area contributed by atoms with Crippen LogP contribution in [0.25, 0.3) is 0 Å². The monoisotopic (exact) mass is 495 g/mol. The van der Waals surface area contributed by atoms with Crippen LogP contribution in [0, 0.1) is 0 Å². The van der Waals surface area contributed by atoms with Gasteiger partial charge in [-0.05, 0) is 50.0 Å². The summed E-state index contributed by atoms with van der Waals surface area (Å²) >= 11 is 2.76. The Hall–Kier alpha value is -1.49. The maximum Gasteiger partial charge on any atom is 0.417 e. The van der Waals surface area contributed by atoms with Crippen LogP contribution >= 0.6 is 22.7 Å². The van der Waals surface area contributed by atoms with E-state index in [2.05, 4.69) is 4.98 Å². The van der Waals surface area contributed by atoms with E-state index >= 15 is 0 Å². The SMILES string of the molecule is O=C(Oc1csc(C2CCN(S(=O)(=O)c3cccs3)CC2)n1)N(C1CCCCC1)C1CC1. The van der Waals surface area contributed by atoms with E-state index in [1.165, 1.54) is 41.9 Å². The highest BCUT2D eigenvalue weighted by molar-refractivity contribution is 7.91. The Kier molecular flexibility index (Phi) is 6.55. The fraction of sp³-hybridized carbons (Fsp3) is 0.636. The van der Waals surface area contributed by atoms with Gasteiger partial charge in [-0.25, -0.2) is 18.2 Å². The Labute approximate surface area is 197 Å². The van der Waals surface area contributed by atoms with Gasteiger partial charge in [0.15, 0.2) is 0 Å².